The zero-order valence-electron chi connectivity index (χ0n) is 7.53. The molecule has 1 unspecified atom stereocenters. The second kappa shape index (κ2) is 4.31. The van der Waals surface area contributed by atoms with Crippen molar-refractivity contribution in [3.63, 3.8) is 0 Å². The van der Waals surface area contributed by atoms with Crippen LogP contribution in [0, 0.1) is 0 Å². The Morgan fingerprint density at radius 2 is 1.82 bits per heavy atom. The lowest BCUT2D eigenvalue weighted by Crippen LogP contribution is -2.39. The molecule has 66 valence electrons. The van der Waals surface area contributed by atoms with Crippen LogP contribution in [-0.4, -0.2) is 61.7 Å². The molecule has 0 aromatic heterocycles. The summed E-state index contributed by atoms with van der Waals surface area (Å²) in [6.45, 7) is 0.372. The molecule has 1 atom stereocenters. The molecular weight excluding hydrogens is 144 g/mol. The van der Waals surface area contributed by atoms with Crippen LogP contribution in [0.15, 0.2) is 0 Å². The van der Waals surface area contributed by atoms with Gasteiger partial charge in [-0.25, -0.2) is 0 Å². The molecule has 1 N–H and O–H groups in total. The van der Waals surface area contributed by atoms with Crippen LogP contribution in [0.4, 0.5) is 0 Å². The van der Waals surface area contributed by atoms with Gasteiger partial charge >= 0.3 is 0 Å². The topological polar surface area (TPSA) is 43.8 Å². The third-order valence-corrected chi connectivity index (χ3v) is 1.26. The minimum absolute atomic E-state index is 0.251. The minimum Gasteiger partial charge on any atom is -0.382 e. The Labute approximate surface area is 67.4 Å². The van der Waals surface area contributed by atoms with Gasteiger partial charge in [-0.2, -0.15) is 0 Å². The standard InChI is InChI=1S/C7H16N2O2/c1-8(2)5-6(10)7(11)9(3)4/h6,10H,5H2,1-4H3. The number of carbonyl (C=O) groups is 1. The van der Waals surface area contributed by atoms with E-state index in [4.69, 9.17) is 0 Å². The first-order valence-corrected chi connectivity index (χ1v) is 3.49. The van der Waals surface area contributed by atoms with Gasteiger partial charge in [0.1, 0.15) is 6.10 Å². The number of hydrogen-bond acceptors (Lipinski definition) is 3. The van der Waals surface area contributed by atoms with Crippen molar-refractivity contribution < 1.29 is 9.90 Å². The van der Waals surface area contributed by atoms with Crippen molar-refractivity contribution in [3.05, 3.63) is 0 Å². The van der Waals surface area contributed by atoms with E-state index in [1.54, 1.807) is 19.0 Å². The fourth-order valence-electron chi connectivity index (χ4n) is 0.722. The molecule has 0 radical (unpaired) electrons. The average molecular weight is 160 g/mol. The Bertz CT molecular complexity index is 134. The Kier molecular flexibility index (Phi) is 4.07. The molecule has 4 heteroatoms. The highest BCUT2D eigenvalue weighted by molar-refractivity contribution is 5.80. The van der Waals surface area contributed by atoms with Crippen molar-refractivity contribution in [3.8, 4) is 0 Å². The number of nitrogens with zero attached hydrogens (tertiary/aromatic N) is 2. The monoisotopic (exact) mass is 160 g/mol. The number of aliphatic hydroxyl groups is 1. The van der Waals surface area contributed by atoms with Crippen LogP contribution in [0.5, 0.6) is 0 Å². The van der Waals surface area contributed by atoms with E-state index in [9.17, 15) is 9.90 Å². The molecule has 0 rings (SSSR count). The zero-order chi connectivity index (χ0) is 9.02. The average Bonchev–Trinajstić information content (AvgIpc) is 1.84. The SMILES string of the molecule is CN(C)CC(O)C(=O)N(C)C. The molecule has 0 heterocycles. The number of likely N-dealkylation sites (N-methyl/N-ethyl adjacent to an activating group) is 2. The number of hydrogen-bond donors (Lipinski definition) is 1. The zero-order valence-corrected chi connectivity index (χ0v) is 7.53. The maximum absolute atomic E-state index is 11.0. The molecule has 0 fully saturated rings. The molecule has 0 saturated carbocycles. The lowest BCUT2D eigenvalue weighted by Gasteiger charge is -2.18. The van der Waals surface area contributed by atoms with E-state index in [1.165, 1.54) is 4.90 Å². The highest BCUT2D eigenvalue weighted by Crippen LogP contribution is 1.90. The highest BCUT2D eigenvalue weighted by Gasteiger charge is 2.16. The smallest absolute Gasteiger partial charge is 0.252 e. The summed E-state index contributed by atoms with van der Waals surface area (Å²) in [5, 5.41) is 9.23. The van der Waals surface area contributed by atoms with Crippen molar-refractivity contribution in [2.45, 2.75) is 6.10 Å². The Hall–Kier alpha value is -0.610. The van der Waals surface area contributed by atoms with Gasteiger partial charge < -0.3 is 14.9 Å². The number of amides is 1. The van der Waals surface area contributed by atoms with Crippen molar-refractivity contribution >= 4 is 5.91 Å². The van der Waals surface area contributed by atoms with Crippen LogP contribution in [0.1, 0.15) is 0 Å². The largest absolute Gasteiger partial charge is 0.382 e. The van der Waals surface area contributed by atoms with Gasteiger partial charge in [0.2, 0.25) is 0 Å². The van der Waals surface area contributed by atoms with Gasteiger partial charge in [-0.05, 0) is 14.1 Å². The molecule has 0 aromatic carbocycles. The van der Waals surface area contributed by atoms with E-state index in [-0.39, 0.29) is 5.91 Å². The van der Waals surface area contributed by atoms with Crippen molar-refractivity contribution in [1.29, 1.82) is 0 Å². The summed E-state index contributed by atoms with van der Waals surface area (Å²) in [6, 6.07) is 0. The van der Waals surface area contributed by atoms with Crippen LogP contribution < -0.4 is 0 Å². The molecule has 0 aliphatic carbocycles. The molecule has 0 bridgehead atoms. The predicted molar refractivity (Wildman–Crippen MR) is 43.3 cm³/mol. The third-order valence-electron chi connectivity index (χ3n) is 1.26. The number of carbonyl (C=O) groups excluding carboxylic acids is 1. The summed E-state index contributed by atoms with van der Waals surface area (Å²) < 4.78 is 0. The van der Waals surface area contributed by atoms with Crippen molar-refractivity contribution in [2.75, 3.05) is 34.7 Å². The molecule has 0 saturated heterocycles. The number of rotatable bonds is 3. The second-order valence-corrected chi connectivity index (χ2v) is 3.01. The van der Waals surface area contributed by atoms with Gasteiger partial charge in [-0.1, -0.05) is 0 Å². The van der Waals surface area contributed by atoms with Gasteiger partial charge in [0.15, 0.2) is 0 Å². The molecule has 11 heavy (non-hydrogen) atoms. The molecule has 0 spiro atoms. The fourth-order valence-corrected chi connectivity index (χ4v) is 0.722. The summed E-state index contributed by atoms with van der Waals surface area (Å²) in [5.74, 6) is -0.251. The summed E-state index contributed by atoms with van der Waals surface area (Å²) in [7, 11) is 6.88. The summed E-state index contributed by atoms with van der Waals surface area (Å²) in [4.78, 5) is 14.2. The molecule has 4 nitrogen and oxygen atoms in total. The van der Waals surface area contributed by atoms with Crippen LogP contribution in [0.2, 0.25) is 0 Å². The third kappa shape index (κ3) is 3.95. The minimum atomic E-state index is -0.903. The summed E-state index contributed by atoms with van der Waals surface area (Å²) in [6.07, 6.45) is -0.903. The molecular formula is C7H16N2O2. The second-order valence-electron chi connectivity index (χ2n) is 3.01. The number of aliphatic hydroxyl groups excluding tert-OH is 1. The van der Waals surface area contributed by atoms with E-state index in [0.29, 0.717) is 6.54 Å². The first-order chi connectivity index (χ1) is 4.95. The molecule has 0 aliphatic rings. The first kappa shape index (κ1) is 10.4. The Balaban J connectivity index is 3.83. The molecule has 0 aliphatic heterocycles. The van der Waals surface area contributed by atoms with E-state index >= 15 is 0 Å². The normalized spacial score (nSPS) is 13.3. The maximum Gasteiger partial charge on any atom is 0.252 e. The van der Waals surface area contributed by atoms with E-state index < -0.39 is 6.10 Å². The fraction of sp³-hybridized carbons (Fsp3) is 0.857. The lowest BCUT2D eigenvalue weighted by atomic mass is 10.3. The Morgan fingerprint density at radius 1 is 1.36 bits per heavy atom. The van der Waals surface area contributed by atoms with Gasteiger partial charge in [0.05, 0.1) is 0 Å². The lowest BCUT2D eigenvalue weighted by molar-refractivity contribution is -0.138. The van der Waals surface area contributed by atoms with Crippen LogP contribution in [0.25, 0.3) is 0 Å². The van der Waals surface area contributed by atoms with Gasteiger partial charge in [-0.15, -0.1) is 0 Å². The van der Waals surface area contributed by atoms with Gasteiger partial charge in [0.25, 0.3) is 5.91 Å². The van der Waals surface area contributed by atoms with E-state index in [2.05, 4.69) is 0 Å². The first-order valence-electron chi connectivity index (χ1n) is 3.49. The van der Waals surface area contributed by atoms with Crippen LogP contribution in [-0.2, 0) is 4.79 Å². The van der Waals surface area contributed by atoms with Crippen LogP contribution in [0.3, 0.4) is 0 Å². The van der Waals surface area contributed by atoms with Crippen molar-refractivity contribution in [1.82, 2.24) is 9.80 Å². The van der Waals surface area contributed by atoms with Gasteiger partial charge in [0, 0.05) is 20.6 Å². The quantitative estimate of drug-likeness (QED) is 0.575. The van der Waals surface area contributed by atoms with Gasteiger partial charge in [-0.3, -0.25) is 4.79 Å². The van der Waals surface area contributed by atoms with Crippen LogP contribution >= 0.6 is 0 Å². The predicted octanol–water partition coefficient (Wildman–Crippen LogP) is -1.00. The summed E-state index contributed by atoms with van der Waals surface area (Å²) >= 11 is 0. The molecule has 0 aromatic rings. The van der Waals surface area contributed by atoms with E-state index in [0.717, 1.165) is 0 Å². The van der Waals surface area contributed by atoms with E-state index in [1.807, 2.05) is 14.1 Å². The Morgan fingerprint density at radius 3 is 2.09 bits per heavy atom. The molecule has 1 amide bonds. The summed E-state index contributed by atoms with van der Waals surface area (Å²) in [5.41, 5.74) is 0. The van der Waals surface area contributed by atoms with Crippen molar-refractivity contribution in [2.24, 2.45) is 0 Å². The highest BCUT2D eigenvalue weighted by atomic mass is 16.3. The maximum atomic E-state index is 11.0.